The lowest BCUT2D eigenvalue weighted by atomic mass is 10.1. The molecular formula is C24H26FN5O4. The molecule has 0 saturated carbocycles. The van der Waals surface area contributed by atoms with E-state index in [4.69, 9.17) is 15.2 Å². The second kappa shape index (κ2) is 9.92. The predicted octanol–water partition coefficient (Wildman–Crippen LogP) is 2.21. The number of pyridine rings is 2. The van der Waals surface area contributed by atoms with E-state index in [1.807, 2.05) is 4.90 Å². The maximum Gasteiger partial charge on any atom is 0.273 e. The first-order valence-corrected chi connectivity index (χ1v) is 10.7. The normalized spacial score (nSPS) is 15.8. The van der Waals surface area contributed by atoms with Crippen LogP contribution in [0.2, 0.25) is 0 Å². The van der Waals surface area contributed by atoms with E-state index in [1.165, 1.54) is 25.4 Å². The highest BCUT2D eigenvalue weighted by Gasteiger charge is 2.32. The number of anilines is 2. The number of ether oxygens (including phenoxy) is 2. The minimum atomic E-state index is -0.465. The summed E-state index contributed by atoms with van der Waals surface area (Å²) in [6, 6.07) is 8.69. The maximum atomic E-state index is 13.3. The molecule has 0 spiro atoms. The van der Waals surface area contributed by atoms with Gasteiger partial charge in [-0.1, -0.05) is 12.1 Å². The van der Waals surface area contributed by atoms with Gasteiger partial charge < -0.3 is 30.1 Å². The molecule has 34 heavy (non-hydrogen) atoms. The number of piperazine rings is 1. The predicted molar refractivity (Wildman–Crippen MR) is 126 cm³/mol. The van der Waals surface area contributed by atoms with Gasteiger partial charge in [-0.05, 0) is 17.7 Å². The van der Waals surface area contributed by atoms with Crippen LogP contribution in [0.5, 0.6) is 11.5 Å². The molecule has 3 aromatic rings. The number of nitrogen functional groups attached to an aromatic ring is 1. The third kappa shape index (κ3) is 4.58. The topological polar surface area (TPSA) is 114 Å². The second-order valence-corrected chi connectivity index (χ2v) is 7.84. The first-order valence-electron chi connectivity index (χ1n) is 10.7. The van der Waals surface area contributed by atoms with Crippen molar-refractivity contribution in [2.75, 3.05) is 51.1 Å². The maximum absolute atomic E-state index is 13.3. The van der Waals surface area contributed by atoms with Crippen molar-refractivity contribution in [3.05, 3.63) is 60.3 Å². The van der Waals surface area contributed by atoms with Crippen LogP contribution in [-0.2, 0) is 0 Å². The Hall–Kier alpha value is -3.92. The summed E-state index contributed by atoms with van der Waals surface area (Å²) in [4.78, 5) is 25.4. The summed E-state index contributed by atoms with van der Waals surface area (Å²) in [5.74, 6) is 0.708. The summed E-state index contributed by atoms with van der Waals surface area (Å²) < 4.78 is 24.2. The van der Waals surface area contributed by atoms with Gasteiger partial charge in [0, 0.05) is 43.5 Å². The van der Waals surface area contributed by atoms with Gasteiger partial charge in [-0.25, -0.2) is 9.37 Å². The molecule has 9 nitrogen and oxygen atoms in total. The Morgan fingerprint density at radius 1 is 1.12 bits per heavy atom. The van der Waals surface area contributed by atoms with Gasteiger partial charge in [-0.3, -0.25) is 9.78 Å². The first-order chi connectivity index (χ1) is 16.4. The molecule has 10 heteroatoms. The molecule has 1 aliphatic rings. The Morgan fingerprint density at radius 3 is 2.53 bits per heavy atom. The Kier molecular flexibility index (Phi) is 6.78. The molecule has 0 radical (unpaired) electrons. The number of aliphatic hydroxyl groups excluding tert-OH is 1. The molecule has 2 aromatic heterocycles. The molecule has 0 bridgehead atoms. The molecule has 3 N–H and O–H groups in total. The van der Waals surface area contributed by atoms with Gasteiger partial charge >= 0.3 is 0 Å². The van der Waals surface area contributed by atoms with E-state index in [9.17, 15) is 14.3 Å². The Balaban J connectivity index is 1.55. The number of halogens is 1. The number of carbonyl (C=O) groups is 1. The van der Waals surface area contributed by atoms with Crippen molar-refractivity contribution in [1.82, 2.24) is 14.9 Å². The highest BCUT2D eigenvalue weighted by Crippen LogP contribution is 2.32. The lowest BCUT2D eigenvalue weighted by molar-refractivity contribution is 0.0559. The van der Waals surface area contributed by atoms with Crippen molar-refractivity contribution < 1.29 is 23.8 Å². The zero-order valence-electron chi connectivity index (χ0n) is 18.9. The number of nitrogens with two attached hydrogens (primary N) is 1. The molecule has 1 fully saturated rings. The van der Waals surface area contributed by atoms with Crippen molar-refractivity contribution in [3.63, 3.8) is 0 Å². The lowest BCUT2D eigenvalue weighted by Gasteiger charge is -2.41. The Labute approximate surface area is 196 Å². The fourth-order valence-corrected chi connectivity index (χ4v) is 4.06. The van der Waals surface area contributed by atoms with Crippen molar-refractivity contribution >= 4 is 17.4 Å². The number of carbonyl (C=O) groups excluding carboxylic acids is 1. The standard InChI is InChI=1S/C24H26FN5O4/c1-33-21-9-19(27-11-18(21)15-3-5-16(25)6-4-15)24(32)30-8-7-29(13-17(30)14-31)20-12-28-23(26)10-22(20)34-2/h3-6,9-12,17,31H,7-8,13-14H2,1-2H3,(H2,26,28). The number of hydrogen-bond donors (Lipinski definition) is 2. The van der Waals surface area contributed by atoms with Crippen LogP contribution >= 0.6 is 0 Å². The summed E-state index contributed by atoms with van der Waals surface area (Å²) in [5.41, 5.74) is 8.05. The number of aliphatic hydroxyl groups is 1. The third-order valence-electron chi connectivity index (χ3n) is 5.84. The number of amides is 1. The van der Waals surface area contributed by atoms with Gasteiger partial charge in [0.1, 0.15) is 28.8 Å². The number of aromatic nitrogens is 2. The van der Waals surface area contributed by atoms with E-state index in [1.54, 1.807) is 42.5 Å². The van der Waals surface area contributed by atoms with Crippen molar-refractivity contribution in [2.24, 2.45) is 0 Å². The van der Waals surface area contributed by atoms with E-state index in [-0.39, 0.29) is 24.0 Å². The summed E-state index contributed by atoms with van der Waals surface area (Å²) >= 11 is 0. The number of nitrogens with zero attached hydrogens (tertiary/aromatic N) is 4. The molecular weight excluding hydrogens is 441 g/mol. The van der Waals surface area contributed by atoms with Gasteiger partial charge in [0.15, 0.2) is 0 Å². The third-order valence-corrected chi connectivity index (χ3v) is 5.84. The number of methoxy groups -OCH3 is 2. The number of benzene rings is 1. The van der Waals surface area contributed by atoms with Crippen LogP contribution in [0.25, 0.3) is 11.1 Å². The van der Waals surface area contributed by atoms with E-state index >= 15 is 0 Å². The van der Waals surface area contributed by atoms with Crippen LogP contribution in [0.3, 0.4) is 0 Å². The van der Waals surface area contributed by atoms with Crippen molar-refractivity contribution in [2.45, 2.75) is 6.04 Å². The molecule has 1 unspecified atom stereocenters. The van der Waals surface area contributed by atoms with E-state index < -0.39 is 6.04 Å². The Bertz CT molecular complexity index is 1170. The fourth-order valence-electron chi connectivity index (χ4n) is 4.06. The number of hydrogen-bond acceptors (Lipinski definition) is 8. The van der Waals surface area contributed by atoms with Gasteiger partial charge in [0.05, 0.1) is 38.8 Å². The molecule has 178 valence electrons. The van der Waals surface area contributed by atoms with Gasteiger partial charge in [-0.15, -0.1) is 0 Å². The summed E-state index contributed by atoms with van der Waals surface area (Å²) in [6.07, 6.45) is 3.16. The summed E-state index contributed by atoms with van der Waals surface area (Å²) in [5, 5.41) is 10.0. The lowest BCUT2D eigenvalue weighted by Crippen LogP contribution is -2.57. The van der Waals surface area contributed by atoms with Gasteiger partial charge in [-0.2, -0.15) is 0 Å². The van der Waals surface area contributed by atoms with Crippen molar-refractivity contribution in [1.29, 1.82) is 0 Å². The minimum Gasteiger partial charge on any atom is -0.496 e. The van der Waals surface area contributed by atoms with Crippen LogP contribution in [0, 0.1) is 5.82 Å². The first kappa shape index (κ1) is 23.2. The fraction of sp³-hybridized carbons (Fsp3) is 0.292. The highest BCUT2D eigenvalue weighted by atomic mass is 19.1. The van der Waals surface area contributed by atoms with E-state index in [0.717, 1.165) is 11.3 Å². The average molecular weight is 468 g/mol. The molecule has 1 amide bonds. The van der Waals surface area contributed by atoms with Crippen LogP contribution in [0.15, 0.2) is 48.8 Å². The summed E-state index contributed by atoms with van der Waals surface area (Å²) in [7, 11) is 3.05. The molecule has 4 rings (SSSR count). The SMILES string of the molecule is COc1cc(C(=O)N2CCN(c3cnc(N)cc3OC)CC2CO)ncc1-c1ccc(F)cc1. The second-order valence-electron chi connectivity index (χ2n) is 7.84. The van der Waals surface area contributed by atoms with Crippen LogP contribution in [0.1, 0.15) is 10.5 Å². The zero-order valence-corrected chi connectivity index (χ0v) is 18.9. The molecule has 1 aromatic carbocycles. The van der Waals surface area contributed by atoms with Crippen molar-refractivity contribution in [3.8, 4) is 22.6 Å². The Morgan fingerprint density at radius 2 is 1.85 bits per heavy atom. The quantitative estimate of drug-likeness (QED) is 0.567. The monoisotopic (exact) mass is 467 g/mol. The smallest absolute Gasteiger partial charge is 0.273 e. The largest absolute Gasteiger partial charge is 0.496 e. The molecule has 1 aliphatic heterocycles. The molecule has 1 atom stereocenters. The van der Waals surface area contributed by atoms with Gasteiger partial charge in [0.25, 0.3) is 5.91 Å². The highest BCUT2D eigenvalue weighted by molar-refractivity contribution is 5.94. The van der Waals surface area contributed by atoms with E-state index in [2.05, 4.69) is 9.97 Å². The van der Waals surface area contributed by atoms with Gasteiger partial charge in [0.2, 0.25) is 0 Å². The average Bonchev–Trinajstić information content (AvgIpc) is 2.88. The summed E-state index contributed by atoms with van der Waals surface area (Å²) in [6.45, 7) is 1.03. The molecule has 1 saturated heterocycles. The molecule has 0 aliphatic carbocycles. The van der Waals surface area contributed by atoms with Crippen LogP contribution < -0.4 is 20.1 Å². The molecule has 3 heterocycles. The van der Waals surface area contributed by atoms with Crippen LogP contribution in [0.4, 0.5) is 15.9 Å². The number of rotatable bonds is 6. The van der Waals surface area contributed by atoms with E-state index in [0.29, 0.717) is 42.5 Å². The minimum absolute atomic E-state index is 0.196. The zero-order chi connectivity index (χ0) is 24.2. The van der Waals surface area contributed by atoms with Crippen LogP contribution in [-0.4, -0.2) is 72.4 Å².